The molecule has 8 saturated carbocycles. The minimum absolute atomic E-state index is 0.0417. The molecule has 0 aliphatic heterocycles. The molecular weight excluding hydrogens is 973 g/mol. The summed E-state index contributed by atoms with van der Waals surface area (Å²) in [4.78, 5) is 52.1. The number of fused-ring (bicyclic) bond motifs is 10. The summed E-state index contributed by atoms with van der Waals surface area (Å²) in [5.41, 5.74) is 0.266. The zero-order valence-electron chi connectivity index (χ0n) is 44.8. The third-order valence-electron chi connectivity index (χ3n) is 23.0. The molecule has 0 radical (unpaired) electrons. The van der Waals surface area contributed by atoms with E-state index < -0.39 is 43.9 Å². The van der Waals surface area contributed by atoms with Gasteiger partial charge in [-0.1, -0.05) is 41.5 Å². The second-order valence-corrected chi connectivity index (χ2v) is 29.8. The van der Waals surface area contributed by atoms with Gasteiger partial charge in [-0.15, -0.1) is 0 Å². The fraction of sp³-hybridized carbons (Fsp3) is 0.927. The Hall–Kier alpha value is -2.38. The van der Waals surface area contributed by atoms with Gasteiger partial charge in [-0.2, -0.15) is 16.8 Å². The highest BCUT2D eigenvalue weighted by Crippen LogP contribution is 2.70. The van der Waals surface area contributed by atoms with Gasteiger partial charge in [0, 0.05) is 38.0 Å². The molecule has 18 heteroatoms. The first kappa shape index (κ1) is 56.8. The van der Waals surface area contributed by atoms with Crippen molar-refractivity contribution < 1.29 is 55.3 Å². The van der Waals surface area contributed by atoms with Crippen LogP contribution in [0.1, 0.15) is 176 Å². The Kier molecular flexibility index (Phi) is 17.0. The Balaban J connectivity index is 0.780. The first-order chi connectivity index (χ1) is 34.1. The van der Waals surface area contributed by atoms with Gasteiger partial charge in [0.05, 0.1) is 23.7 Å². The van der Waals surface area contributed by atoms with Gasteiger partial charge in [-0.25, -0.2) is 0 Å². The number of rotatable bonds is 18. The average molecular weight is 1070 g/mol. The Labute approximate surface area is 436 Å². The maximum Gasteiger partial charge on any atom is 0.266 e. The van der Waals surface area contributed by atoms with Gasteiger partial charge >= 0.3 is 0 Å². The number of hydrogen-bond donors (Lipinski definition) is 8. The summed E-state index contributed by atoms with van der Waals surface area (Å²) in [6, 6.07) is -0.0834. The number of aliphatic hydroxyl groups is 2. The summed E-state index contributed by atoms with van der Waals surface area (Å²) in [5.74, 6) is 2.16. The molecule has 8 fully saturated rings. The van der Waals surface area contributed by atoms with E-state index in [1.807, 2.05) is 0 Å². The molecule has 0 heterocycles. The summed E-state index contributed by atoms with van der Waals surface area (Å²) in [6.45, 7) is 13.9. The van der Waals surface area contributed by atoms with Crippen LogP contribution in [0.3, 0.4) is 0 Å². The molecule has 0 aromatic rings. The highest BCUT2D eigenvalue weighted by Gasteiger charge is 2.65. The van der Waals surface area contributed by atoms with Crippen molar-refractivity contribution in [1.29, 1.82) is 0 Å². The maximum absolute atomic E-state index is 13.6. The normalized spacial score (nSPS) is 42.8. The van der Waals surface area contributed by atoms with Crippen LogP contribution < -0.4 is 21.3 Å². The molecule has 0 saturated heterocycles. The molecule has 8 aliphatic carbocycles. The van der Waals surface area contributed by atoms with E-state index in [0.29, 0.717) is 85.9 Å². The zero-order chi connectivity index (χ0) is 53.1. The molecule has 16 nitrogen and oxygen atoms in total. The lowest BCUT2D eigenvalue weighted by Crippen LogP contribution is -2.60. The van der Waals surface area contributed by atoms with Crippen LogP contribution in [0, 0.1) is 92.7 Å². The molecule has 6 unspecified atom stereocenters. The van der Waals surface area contributed by atoms with Crippen molar-refractivity contribution in [2.45, 2.75) is 201 Å². The molecule has 73 heavy (non-hydrogen) atoms. The Morgan fingerprint density at radius 3 is 1.23 bits per heavy atom. The summed E-state index contributed by atoms with van der Waals surface area (Å²) in [7, 11) is -8.26. The fourth-order valence-corrected chi connectivity index (χ4v) is 20.0. The van der Waals surface area contributed by atoms with Crippen LogP contribution >= 0.6 is 0 Å². The van der Waals surface area contributed by atoms with Crippen molar-refractivity contribution in [1.82, 2.24) is 21.3 Å². The van der Waals surface area contributed by atoms with Crippen LogP contribution in [0.2, 0.25) is 0 Å². The van der Waals surface area contributed by atoms with Gasteiger partial charge in [0.15, 0.2) is 0 Å². The predicted octanol–water partition coefficient (Wildman–Crippen LogP) is 6.45. The Morgan fingerprint density at radius 1 is 0.507 bits per heavy atom. The molecule has 20 atom stereocenters. The third kappa shape index (κ3) is 11.9. The van der Waals surface area contributed by atoms with Crippen molar-refractivity contribution in [2.75, 3.05) is 24.6 Å². The predicted molar refractivity (Wildman–Crippen MR) is 277 cm³/mol. The number of nitrogens with one attached hydrogen (secondary N) is 4. The molecule has 8 N–H and O–H groups in total. The quantitative estimate of drug-likeness (QED) is 0.0544. The van der Waals surface area contributed by atoms with E-state index >= 15 is 0 Å². The molecule has 416 valence electrons. The zero-order valence-corrected chi connectivity index (χ0v) is 46.4. The monoisotopic (exact) mass is 1060 g/mol. The lowest BCUT2D eigenvalue weighted by atomic mass is 9.43. The van der Waals surface area contributed by atoms with Crippen LogP contribution in [0.25, 0.3) is 0 Å². The van der Waals surface area contributed by atoms with Gasteiger partial charge in [0.1, 0.15) is 6.42 Å². The highest BCUT2D eigenvalue weighted by molar-refractivity contribution is 7.86. The van der Waals surface area contributed by atoms with Crippen LogP contribution in [0.4, 0.5) is 0 Å². The summed E-state index contributed by atoms with van der Waals surface area (Å²) < 4.78 is 62.2. The van der Waals surface area contributed by atoms with E-state index in [1.54, 1.807) is 0 Å². The van der Waals surface area contributed by atoms with Crippen molar-refractivity contribution in [3.05, 3.63) is 0 Å². The van der Waals surface area contributed by atoms with E-state index in [9.17, 15) is 46.2 Å². The molecule has 8 aliphatic rings. The van der Waals surface area contributed by atoms with Crippen LogP contribution in [0.15, 0.2) is 0 Å². The minimum Gasteiger partial charge on any atom is -0.393 e. The van der Waals surface area contributed by atoms with Gasteiger partial charge in [0.2, 0.25) is 23.6 Å². The largest absolute Gasteiger partial charge is 0.393 e. The van der Waals surface area contributed by atoms with Crippen molar-refractivity contribution in [2.24, 2.45) is 92.7 Å². The second kappa shape index (κ2) is 21.8. The van der Waals surface area contributed by atoms with Crippen molar-refractivity contribution >= 4 is 43.9 Å². The fourth-order valence-electron chi connectivity index (χ4n) is 19.3. The third-order valence-corrected chi connectivity index (χ3v) is 24.4. The number of hydrogen-bond acceptors (Lipinski definition) is 10. The number of carbonyl (C=O) groups excluding carboxylic acids is 4. The number of carbonyl (C=O) groups is 4. The molecule has 0 aromatic carbocycles. The van der Waals surface area contributed by atoms with Crippen molar-refractivity contribution in [3.8, 4) is 0 Å². The van der Waals surface area contributed by atoms with E-state index in [-0.39, 0.29) is 101 Å². The first-order valence-electron chi connectivity index (χ1n) is 28.5. The molecule has 0 aromatic heterocycles. The van der Waals surface area contributed by atoms with Gasteiger partial charge < -0.3 is 31.5 Å². The summed E-state index contributed by atoms with van der Waals surface area (Å²) in [5, 5.41) is 35.7. The highest BCUT2D eigenvalue weighted by atomic mass is 32.2. The van der Waals surface area contributed by atoms with E-state index in [1.165, 1.54) is 0 Å². The molecule has 4 amide bonds. The van der Waals surface area contributed by atoms with E-state index in [4.69, 9.17) is 9.11 Å². The maximum atomic E-state index is 13.6. The van der Waals surface area contributed by atoms with Crippen LogP contribution in [-0.2, 0) is 39.4 Å². The minimum atomic E-state index is -4.13. The van der Waals surface area contributed by atoms with E-state index in [2.05, 4.69) is 62.8 Å². The lowest BCUT2D eigenvalue weighted by molar-refractivity contribution is -0.167. The smallest absolute Gasteiger partial charge is 0.266 e. The summed E-state index contributed by atoms with van der Waals surface area (Å²) in [6.07, 6.45) is 16.2. The topological polar surface area (TPSA) is 266 Å². The van der Waals surface area contributed by atoms with Crippen LogP contribution in [0.5, 0.6) is 0 Å². The lowest BCUT2D eigenvalue weighted by Gasteiger charge is -2.62. The molecule has 0 spiro atoms. The SMILES string of the molecule is C[C@H](CCC(=O)NCCS(=O)(=O)O)[C@H]1CC[C@H]2C3[C@@H](O)CC4CC(NC(=O)CC(=O)NC5CC[C@]6(C)C(C5)C[C@@H](O)C5[C@H]7CC[C@@H]([C@@H](C)CCC(=O)NCCS(=O)(=O)O)[C@]7(C)CC[C@H]56)CC[C@]4(C)[C@H]3CC[C@]12C. The Bertz CT molecular complexity index is 2110. The second-order valence-electron chi connectivity index (χ2n) is 26.6. The van der Waals surface area contributed by atoms with Crippen LogP contribution in [-0.4, -0.2) is 109 Å². The molecule has 0 bridgehead atoms. The number of aliphatic hydroxyl groups excluding tert-OH is 2. The Morgan fingerprint density at radius 2 is 0.863 bits per heavy atom. The van der Waals surface area contributed by atoms with Crippen molar-refractivity contribution in [3.63, 3.8) is 0 Å². The van der Waals surface area contributed by atoms with E-state index in [0.717, 1.165) is 89.9 Å². The van der Waals surface area contributed by atoms with Gasteiger partial charge in [-0.05, 0) is 208 Å². The molecular formula is C55H92N4O12S2. The van der Waals surface area contributed by atoms with Gasteiger partial charge in [0.25, 0.3) is 20.2 Å². The summed E-state index contributed by atoms with van der Waals surface area (Å²) >= 11 is 0. The molecule has 8 rings (SSSR count). The van der Waals surface area contributed by atoms with Gasteiger partial charge in [-0.3, -0.25) is 28.3 Å². The first-order valence-corrected chi connectivity index (χ1v) is 31.8. The average Bonchev–Trinajstić information content (AvgIpc) is 3.84. The standard InChI is InChI=1S/C55H92N4O12S2/c1-32(7-13-46(62)56-23-25-72(66,67)68)38-9-11-40-50-42(17-21-54(38,40)5)52(3)19-15-36(27-34(52)29-44(50)60)58-48(64)31-49(65)59-37-16-20-53(4)35(28-37)30-45(61)51-41-12-10-39(55(41,6)22-18-43(51)53)33(2)8-14-47(63)57-24-26-73(69,70)71/h32-45,50-51,60-61H,7-31H2,1-6H3,(H,56,62)(H,57,63)(H,58,64)(H,59,65)(H,66,67,68)(H,69,70,71)/t32-,33+,34?,35?,36?,37?,38-,39+,40+,41-,42+,43-,44+,45-,50?,51?,52+,53-,54-,55+. The number of amides is 4.